The Labute approximate surface area is 204 Å². The van der Waals surface area contributed by atoms with Crippen molar-refractivity contribution in [3.8, 4) is 11.1 Å². The summed E-state index contributed by atoms with van der Waals surface area (Å²) in [5, 5.41) is 11.7. The topological polar surface area (TPSA) is 116 Å². The van der Waals surface area contributed by atoms with E-state index >= 15 is 0 Å². The van der Waals surface area contributed by atoms with Crippen LogP contribution in [0, 0.1) is 15.5 Å². The Kier molecular flexibility index (Phi) is 7.85. The Balaban J connectivity index is 2.37. The molecule has 0 aliphatic carbocycles. The minimum absolute atomic E-state index is 0.0658. The van der Waals surface area contributed by atoms with Gasteiger partial charge in [0.05, 0.1) is 4.92 Å². The molecule has 186 valence electrons. The minimum Gasteiger partial charge on any atom is -0.443 e. The van der Waals surface area contributed by atoms with Gasteiger partial charge in [-0.25, -0.2) is 14.4 Å². The first-order chi connectivity index (χ1) is 16.0. The molecule has 0 spiro atoms. The molecular formula is C26H30N2O7. The van der Waals surface area contributed by atoms with E-state index in [4.69, 9.17) is 9.47 Å². The van der Waals surface area contributed by atoms with Crippen molar-refractivity contribution in [2.45, 2.75) is 47.1 Å². The molecule has 0 atom stereocenters. The highest BCUT2D eigenvalue weighted by atomic mass is 16.6. The molecule has 9 nitrogen and oxygen atoms in total. The number of benzene rings is 2. The summed E-state index contributed by atoms with van der Waals surface area (Å²) in [6.45, 7) is 14.1. The van der Waals surface area contributed by atoms with E-state index in [-0.39, 0.29) is 11.1 Å². The van der Waals surface area contributed by atoms with Crippen LogP contribution in [0.3, 0.4) is 0 Å². The lowest BCUT2D eigenvalue weighted by Gasteiger charge is -2.25. The summed E-state index contributed by atoms with van der Waals surface area (Å²) >= 11 is 0. The lowest BCUT2D eigenvalue weighted by atomic mass is 9.88. The highest BCUT2D eigenvalue weighted by Crippen LogP contribution is 2.31. The largest absolute Gasteiger partial charge is 0.443 e. The Morgan fingerprint density at radius 2 is 1.57 bits per heavy atom. The smallest absolute Gasteiger partial charge is 0.414 e. The quantitative estimate of drug-likeness (QED) is 0.171. The molecule has 0 saturated heterocycles. The number of carbonyl (C=O) groups is 3. The number of esters is 2. The molecule has 0 radical (unpaired) electrons. The van der Waals surface area contributed by atoms with E-state index in [9.17, 15) is 24.5 Å². The predicted molar refractivity (Wildman–Crippen MR) is 132 cm³/mol. The van der Waals surface area contributed by atoms with Gasteiger partial charge in [-0.05, 0) is 55.5 Å². The van der Waals surface area contributed by atoms with E-state index in [1.54, 1.807) is 72.9 Å². The van der Waals surface area contributed by atoms with E-state index in [1.807, 2.05) is 0 Å². The van der Waals surface area contributed by atoms with Gasteiger partial charge in [-0.15, -0.1) is 0 Å². The second-order valence-corrected chi connectivity index (χ2v) is 9.98. The third-order valence-corrected chi connectivity index (χ3v) is 4.99. The van der Waals surface area contributed by atoms with Crippen LogP contribution in [0.2, 0.25) is 0 Å². The number of nitrogens with zero attached hydrogens (tertiary/aromatic N) is 2. The van der Waals surface area contributed by atoms with Gasteiger partial charge in [0.1, 0.15) is 11.2 Å². The monoisotopic (exact) mass is 482 g/mol. The van der Waals surface area contributed by atoms with Gasteiger partial charge >= 0.3 is 18.0 Å². The third kappa shape index (κ3) is 6.99. The van der Waals surface area contributed by atoms with Crippen LogP contribution in [0.4, 0.5) is 16.2 Å². The Bertz CT molecular complexity index is 1190. The molecule has 0 aromatic heterocycles. The standard InChI is InChI=1S/C26H30N2O7/c1-16(25(2,3)4)22(29)34-23(30)20-13-12-18(15-21(20)28(32)33)17-10-9-11-19(14-17)27(8)24(31)35-26(5,6)7/h9-15H,1H2,2-8H3. The second kappa shape index (κ2) is 10.1. The zero-order chi connectivity index (χ0) is 26.7. The molecule has 2 aromatic carbocycles. The molecule has 9 heteroatoms. The van der Waals surface area contributed by atoms with Crippen molar-refractivity contribution in [2.75, 3.05) is 11.9 Å². The van der Waals surface area contributed by atoms with Crippen LogP contribution >= 0.6 is 0 Å². The number of amides is 1. The van der Waals surface area contributed by atoms with Crippen molar-refractivity contribution in [3.63, 3.8) is 0 Å². The number of carbonyl (C=O) groups excluding carboxylic acids is 3. The summed E-state index contributed by atoms with van der Waals surface area (Å²) in [5.41, 5.74) is -0.621. The van der Waals surface area contributed by atoms with Crippen molar-refractivity contribution in [3.05, 3.63) is 70.3 Å². The van der Waals surface area contributed by atoms with Crippen molar-refractivity contribution in [2.24, 2.45) is 5.41 Å². The molecule has 0 unspecified atom stereocenters. The zero-order valence-electron chi connectivity index (χ0n) is 21.0. The van der Waals surface area contributed by atoms with Crippen molar-refractivity contribution >= 4 is 29.4 Å². The summed E-state index contributed by atoms with van der Waals surface area (Å²) in [6, 6.07) is 10.7. The zero-order valence-corrected chi connectivity index (χ0v) is 21.0. The maximum atomic E-state index is 12.5. The second-order valence-electron chi connectivity index (χ2n) is 9.98. The van der Waals surface area contributed by atoms with Crippen LogP contribution in [0.15, 0.2) is 54.6 Å². The lowest BCUT2D eigenvalue weighted by molar-refractivity contribution is -0.385. The van der Waals surface area contributed by atoms with Gasteiger partial charge < -0.3 is 9.47 Å². The number of anilines is 1. The third-order valence-electron chi connectivity index (χ3n) is 4.99. The molecule has 0 fully saturated rings. The number of nitro groups is 1. The molecule has 0 aliphatic heterocycles. The molecule has 35 heavy (non-hydrogen) atoms. The maximum absolute atomic E-state index is 12.5. The van der Waals surface area contributed by atoms with Crippen LogP contribution in [-0.2, 0) is 14.3 Å². The van der Waals surface area contributed by atoms with Gasteiger partial charge in [-0.3, -0.25) is 15.0 Å². The number of ether oxygens (including phenoxy) is 2. The fourth-order valence-electron chi connectivity index (χ4n) is 2.87. The van der Waals surface area contributed by atoms with Crippen molar-refractivity contribution in [1.29, 1.82) is 0 Å². The molecule has 0 N–H and O–H groups in total. The van der Waals surface area contributed by atoms with E-state index in [0.717, 1.165) is 0 Å². The molecule has 0 heterocycles. The van der Waals surface area contributed by atoms with E-state index < -0.39 is 39.7 Å². The molecule has 1 amide bonds. The van der Waals surface area contributed by atoms with Crippen LogP contribution in [0.5, 0.6) is 0 Å². The van der Waals surface area contributed by atoms with Gasteiger partial charge in [-0.2, -0.15) is 0 Å². The summed E-state index contributed by atoms with van der Waals surface area (Å²) in [5.74, 6) is -2.09. The lowest BCUT2D eigenvalue weighted by Crippen LogP contribution is -2.34. The Morgan fingerprint density at radius 1 is 0.971 bits per heavy atom. The van der Waals surface area contributed by atoms with E-state index in [2.05, 4.69) is 6.58 Å². The number of rotatable bonds is 5. The van der Waals surface area contributed by atoms with E-state index in [1.165, 1.54) is 23.1 Å². The Hall–Kier alpha value is -4.01. The first kappa shape index (κ1) is 27.2. The van der Waals surface area contributed by atoms with Gasteiger partial charge in [-0.1, -0.05) is 45.5 Å². The van der Waals surface area contributed by atoms with Gasteiger partial charge in [0.25, 0.3) is 5.69 Å². The van der Waals surface area contributed by atoms with Crippen LogP contribution in [0.1, 0.15) is 51.9 Å². The minimum atomic E-state index is -1.14. The van der Waals surface area contributed by atoms with Crippen LogP contribution in [-0.4, -0.2) is 35.6 Å². The first-order valence-electron chi connectivity index (χ1n) is 10.8. The first-order valence-corrected chi connectivity index (χ1v) is 10.8. The van der Waals surface area contributed by atoms with Gasteiger partial charge in [0.2, 0.25) is 0 Å². The fourth-order valence-corrected chi connectivity index (χ4v) is 2.87. The molecule has 0 bridgehead atoms. The summed E-state index contributed by atoms with van der Waals surface area (Å²) < 4.78 is 10.2. The summed E-state index contributed by atoms with van der Waals surface area (Å²) in [4.78, 5) is 49.5. The highest BCUT2D eigenvalue weighted by molar-refractivity contribution is 6.04. The highest BCUT2D eigenvalue weighted by Gasteiger charge is 2.29. The molecule has 0 aliphatic rings. The number of nitro benzene ring substituents is 1. The van der Waals surface area contributed by atoms with Crippen LogP contribution < -0.4 is 4.90 Å². The average Bonchev–Trinajstić information content (AvgIpc) is 2.75. The fraction of sp³-hybridized carbons (Fsp3) is 0.346. The van der Waals surface area contributed by atoms with Crippen LogP contribution in [0.25, 0.3) is 11.1 Å². The number of hydrogen-bond acceptors (Lipinski definition) is 7. The molecule has 2 aromatic rings. The normalized spacial score (nSPS) is 11.4. The maximum Gasteiger partial charge on any atom is 0.414 e. The molecule has 2 rings (SSSR count). The van der Waals surface area contributed by atoms with Gasteiger partial charge in [0.15, 0.2) is 0 Å². The van der Waals surface area contributed by atoms with Gasteiger partial charge in [0, 0.05) is 24.4 Å². The Morgan fingerprint density at radius 3 is 2.11 bits per heavy atom. The van der Waals surface area contributed by atoms with Crippen molar-refractivity contribution in [1.82, 2.24) is 0 Å². The molecular weight excluding hydrogens is 452 g/mol. The number of hydrogen-bond donors (Lipinski definition) is 0. The summed E-state index contributed by atoms with van der Waals surface area (Å²) in [6.07, 6.45) is -0.555. The summed E-state index contributed by atoms with van der Waals surface area (Å²) in [7, 11) is 1.55. The molecule has 0 saturated carbocycles. The average molecular weight is 483 g/mol. The SMILES string of the molecule is C=C(C(=O)OC(=O)c1ccc(-c2cccc(N(C)C(=O)OC(C)(C)C)c2)cc1[N+](=O)[O-])C(C)(C)C. The van der Waals surface area contributed by atoms with E-state index in [0.29, 0.717) is 16.8 Å². The predicted octanol–water partition coefficient (Wildman–Crippen LogP) is 5.92. The van der Waals surface area contributed by atoms with Crippen molar-refractivity contribution < 1.29 is 28.8 Å².